The Morgan fingerprint density at radius 1 is 1.24 bits per heavy atom. The number of nitrogens with one attached hydrogen (secondary N) is 3. The molecular weight excluding hydrogens is 426 g/mol. The van der Waals surface area contributed by atoms with Crippen molar-refractivity contribution in [2.75, 3.05) is 13.1 Å². The molecule has 184 valence electrons. The predicted octanol–water partition coefficient (Wildman–Crippen LogP) is 1.45. The van der Waals surface area contributed by atoms with E-state index in [9.17, 15) is 24.4 Å². The van der Waals surface area contributed by atoms with Gasteiger partial charge in [0.05, 0.1) is 6.07 Å². The van der Waals surface area contributed by atoms with Crippen molar-refractivity contribution >= 4 is 23.8 Å². The van der Waals surface area contributed by atoms with Crippen molar-refractivity contribution in [3.8, 4) is 6.07 Å². The molecule has 4 atom stereocenters. The summed E-state index contributed by atoms with van der Waals surface area (Å²) in [5.41, 5.74) is -0.700. The molecule has 0 aliphatic carbocycles. The summed E-state index contributed by atoms with van der Waals surface area (Å²) in [6.45, 7) is 10.1. The van der Waals surface area contributed by atoms with Gasteiger partial charge in [0, 0.05) is 19.0 Å². The van der Waals surface area contributed by atoms with Gasteiger partial charge in [0.1, 0.15) is 23.7 Å². The predicted molar refractivity (Wildman–Crippen MR) is 121 cm³/mol. The second kappa shape index (κ2) is 11.3. The molecule has 2 fully saturated rings. The van der Waals surface area contributed by atoms with Crippen molar-refractivity contribution in [1.29, 1.82) is 5.26 Å². The van der Waals surface area contributed by atoms with E-state index < -0.39 is 35.7 Å². The quantitative estimate of drug-likeness (QED) is 0.498. The van der Waals surface area contributed by atoms with E-state index in [2.05, 4.69) is 22.0 Å². The number of alkyl carbamates (subject to hydrolysis) is 1. The molecular formula is C23H37N5O5. The summed E-state index contributed by atoms with van der Waals surface area (Å²) >= 11 is 0. The smallest absolute Gasteiger partial charge is 0.408 e. The lowest BCUT2D eigenvalue weighted by atomic mass is 9.98. The number of nitriles is 1. The van der Waals surface area contributed by atoms with Crippen LogP contribution >= 0.6 is 0 Å². The number of ether oxygens (including phenoxy) is 1. The van der Waals surface area contributed by atoms with Gasteiger partial charge in [-0.3, -0.25) is 14.4 Å². The van der Waals surface area contributed by atoms with Crippen LogP contribution < -0.4 is 16.0 Å². The van der Waals surface area contributed by atoms with Crippen LogP contribution in [0.25, 0.3) is 0 Å². The maximum atomic E-state index is 13.3. The summed E-state index contributed by atoms with van der Waals surface area (Å²) < 4.78 is 5.31. The van der Waals surface area contributed by atoms with Crippen LogP contribution in [0.5, 0.6) is 0 Å². The number of likely N-dealkylation sites (tertiary alicyclic amines) is 1. The van der Waals surface area contributed by atoms with E-state index in [-0.39, 0.29) is 30.1 Å². The molecule has 0 aromatic carbocycles. The van der Waals surface area contributed by atoms with Gasteiger partial charge in [-0.25, -0.2) is 4.79 Å². The molecule has 2 aliphatic rings. The highest BCUT2D eigenvalue weighted by atomic mass is 16.6. The van der Waals surface area contributed by atoms with Crippen LogP contribution in [-0.4, -0.2) is 65.5 Å². The Hall–Kier alpha value is -2.83. The van der Waals surface area contributed by atoms with E-state index in [4.69, 9.17) is 4.74 Å². The van der Waals surface area contributed by atoms with Crippen LogP contribution in [0.4, 0.5) is 4.79 Å². The molecule has 10 heteroatoms. The summed E-state index contributed by atoms with van der Waals surface area (Å²) in [6, 6.07) is -0.293. The minimum atomic E-state index is -0.817. The second-order valence-corrected chi connectivity index (χ2v) is 10.2. The lowest BCUT2D eigenvalue weighted by Gasteiger charge is -2.30. The first-order chi connectivity index (χ1) is 15.4. The maximum absolute atomic E-state index is 13.3. The zero-order valence-corrected chi connectivity index (χ0v) is 20.3. The van der Waals surface area contributed by atoms with E-state index in [0.29, 0.717) is 38.8 Å². The Morgan fingerprint density at radius 3 is 2.48 bits per heavy atom. The number of hydrogen-bond donors (Lipinski definition) is 3. The van der Waals surface area contributed by atoms with Crippen molar-refractivity contribution in [3.05, 3.63) is 0 Å². The normalized spacial score (nSPS) is 22.3. The molecule has 33 heavy (non-hydrogen) atoms. The highest BCUT2D eigenvalue weighted by molar-refractivity contribution is 5.92. The summed E-state index contributed by atoms with van der Waals surface area (Å²) in [7, 11) is 0. The van der Waals surface area contributed by atoms with Crippen molar-refractivity contribution in [2.45, 2.75) is 90.4 Å². The van der Waals surface area contributed by atoms with Gasteiger partial charge in [-0.1, -0.05) is 13.8 Å². The molecule has 3 N–H and O–H groups in total. The number of carbonyl (C=O) groups excluding carboxylic acids is 4. The Labute approximate surface area is 195 Å². The van der Waals surface area contributed by atoms with Gasteiger partial charge in [-0.2, -0.15) is 5.26 Å². The van der Waals surface area contributed by atoms with Crippen LogP contribution in [0, 0.1) is 23.2 Å². The summed E-state index contributed by atoms with van der Waals surface area (Å²) in [5, 5.41) is 17.6. The number of rotatable bonds is 8. The molecule has 10 nitrogen and oxygen atoms in total. The minimum Gasteiger partial charge on any atom is -0.444 e. The first kappa shape index (κ1) is 26.4. The first-order valence-electron chi connectivity index (χ1n) is 11.7. The molecule has 0 unspecified atom stereocenters. The van der Waals surface area contributed by atoms with Gasteiger partial charge < -0.3 is 25.6 Å². The monoisotopic (exact) mass is 463 g/mol. The van der Waals surface area contributed by atoms with E-state index in [0.717, 1.165) is 0 Å². The number of nitrogens with zero attached hydrogens (tertiary/aromatic N) is 2. The van der Waals surface area contributed by atoms with E-state index in [1.54, 1.807) is 20.8 Å². The Morgan fingerprint density at radius 2 is 1.94 bits per heavy atom. The van der Waals surface area contributed by atoms with Gasteiger partial charge in [0.25, 0.3) is 0 Å². The molecule has 2 saturated heterocycles. The highest BCUT2D eigenvalue weighted by Gasteiger charge is 2.39. The second-order valence-electron chi connectivity index (χ2n) is 10.2. The molecule has 0 radical (unpaired) electrons. The third kappa shape index (κ3) is 7.91. The average Bonchev–Trinajstić information content (AvgIpc) is 3.33. The summed E-state index contributed by atoms with van der Waals surface area (Å²) in [4.78, 5) is 51.9. The minimum absolute atomic E-state index is 0.105. The first-order valence-corrected chi connectivity index (χ1v) is 11.7. The number of hydrogen-bond acceptors (Lipinski definition) is 6. The Bertz CT molecular complexity index is 785. The van der Waals surface area contributed by atoms with Gasteiger partial charge in [-0.05, 0) is 58.8 Å². The van der Waals surface area contributed by atoms with Crippen LogP contribution in [-0.2, 0) is 19.1 Å². The molecule has 0 saturated carbocycles. The highest BCUT2D eigenvalue weighted by Crippen LogP contribution is 2.22. The van der Waals surface area contributed by atoms with Crippen LogP contribution in [0.2, 0.25) is 0 Å². The Kier molecular flexibility index (Phi) is 9.08. The van der Waals surface area contributed by atoms with Crippen LogP contribution in [0.3, 0.4) is 0 Å². The van der Waals surface area contributed by atoms with E-state index in [1.165, 1.54) is 4.90 Å². The SMILES string of the molecule is CC(C)C[C@H](NC(=O)OC(C)(C)C)C(=O)N1CCC[C@H]1C(=O)N[C@H](C#N)C[C@@H]1CCNC1=O. The van der Waals surface area contributed by atoms with Crippen molar-refractivity contribution < 1.29 is 23.9 Å². The topological polar surface area (TPSA) is 141 Å². The zero-order chi connectivity index (χ0) is 24.8. The van der Waals surface area contributed by atoms with Crippen LogP contribution in [0.15, 0.2) is 0 Å². The fourth-order valence-corrected chi connectivity index (χ4v) is 4.21. The lowest BCUT2D eigenvalue weighted by molar-refractivity contribution is -0.140. The fourth-order valence-electron chi connectivity index (χ4n) is 4.21. The molecule has 2 heterocycles. The summed E-state index contributed by atoms with van der Waals surface area (Å²) in [6.07, 6.45) is 1.72. The van der Waals surface area contributed by atoms with Crippen molar-refractivity contribution in [3.63, 3.8) is 0 Å². The Balaban J connectivity index is 2.05. The third-order valence-electron chi connectivity index (χ3n) is 5.69. The number of amides is 4. The van der Waals surface area contributed by atoms with Crippen molar-refractivity contribution in [2.24, 2.45) is 11.8 Å². The molecule has 0 aromatic rings. The standard InChI is InChI=1S/C23H37N5O5/c1-14(2)11-17(27-22(32)33-23(3,4)5)21(31)28-10-6-7-18(28)20(30)26-16(13-24)12-15-8-9-25-19(15)29/h14-18H,6-12H2,1-5H3,(H,25,29)(H,26,30)(H,27,32)/t15-,16-,17-,18-/m0/s1. The lowest BCUT2D eigenvalue weighted by Crippen LogP contribution is -2.55. The molecule has 2 rings (SSSR count). The fraction of sp³-hybridized carbons (Fsp3) is 0.783. The van der Waals surface area contributed by atoms with Gasteiger partial charge in [0.2, 0.25) is 17.7 Å². The number of carbonyl (C=O) groups is 4. The molecule has 4 amide bonds. The molecule has 2 aliphatic heterocycles. The molecule has 0 bridgehead atoms. The third-order valence-corrected chi connectivity index (χ3v) is 5.69. The largest absolute Gasteiger partial charge is 0.444 e. The van der Waals surface area contributed by atoms with E-state index in [1.807, 2.05) is 13.8 Å². The van der Waals surface area contributed by atoms with Crippen molar-refractivity contribution in [1.82, 2.24) is 20.9 Å². The van der Waals surface area contributed by atoms with Crippen LogP contribution in [0.1, 0.15) is 66.7 Å². The zero-order valence-electron chi connectivity index (χ0n) is 20.3. The maximum Gasteiger partial charge on any atom is 0.408 e. The average molecular weight is 464 g/mol. The summed E-state index contributed by atoms with van der Waals surface area (Å²) in [5.74, 6) is -1.02. The molecule has 0 spiro atoms. The van der Waals surface area contributed by atoms with Gasteiger partial charge in [-0.15, -0.1) is 0 Å². The molecule has 0 aromatic heterocycles. The van der Waals surface area contributed by atoms with Gasteiger partial charge >= 0.3 is 6.09 Å². The van der Waals surface area contributed by atoms with E-state index >= 15 is 0 Å². The van der Waals surface area contributed by atoms with Gasteiger partial charge in [0.15, 0.2) is 0 Å².